The molecule has 3 heteroatoms. The third-order valence-electron chi connectivity index (χ3n) is 3.69. The summed E-state index contributed by atoms with van der Waals surface area (Å²) in [6.07, 6.45) is 8.43. The number of fused-ring (bicyclic) bond motifs is 2. The minimum Gasteiger partial charge on any atom is -0.211 e. The lowest BCUT2D eigenvalue weighted by Gasteiger charge is -2.12. The van der Waals surface area contributed by atoms with Crippen molar-refractivity contribution >= 4 is 27.7 Å². The highest BCUT2D eigenvalue weighted by atomic mass is 79.9. The Balaban J connectivity index is 2.35. The molecular formula is C13H12BrNO. The summed E-state index contributed by atoms with van der Waals surface area (Å²) >= 11 is 3.73. The van der Waals surface area contributed by atoms with Gasteiger partial charge in [0, 0.05) is 4.47 Å². The van der Waals surface area contributed by atoms with Crippen LogP contribution in [0.3, 0.4) is 0 Å². The number of isocyanates is 1. The van der Waals surface area contributed by atoms with E-state index < -0.39 is 0 Å². The van der Waals surface area contributed by atoms with Crippen molar-refractivity contribution in [3.05, 3.63) is 26.7 Å². The second-order valence-corrected chi connectivity index (χ2v) is 5.28. The van der Waals surface area contributed by atoms with Gasteiger partial charge in [-0.1, -0.05) is 15.9 Å². The molecule has 1 aromatic rings. The fourth-order valence-electron chi connectivity index (χ4n) is 3.04. The molecule has 0 N–H and O–H groups in total. The Morgan fingerprint density at radius 1 is 0.938 bits per heavy atom. The van der Waals surface area contributed by atoms with E-state index >= 15 is 0 Å². The summed E-state index contributed by atoms with van der Waals surface area (Å²) in [6.45, 7) is 0. The minimum atomic E-state index is 0.943. The molecule has 82 valence electrons. The first kappa shape index (κ1) is 10.2. The normalized spacial score (nSPS) is 16.8. The monoisotopic (exact) mass is 277 g/mol. The van der Waals surface area contributed by atoms with Crippen LogP contribution in [-0.2, 0) is 30.5 Å². The van der Waals surface area contributed by atoms with Crippen LogP contribution in [-0.4, -0.2) is 6.08 Å². The Bertz CT molecular complexity index is 480. The second-order valence-electron chi connectivity index (χ2n) is 4.49. The maximum Gasteiger partial charge on any atom is 0.240 e. The zero-order chi connectivity index (χ0) is 11.1. The van der Waals surface area contributed by atoms with Crippen LogP contribution in [0.2, 0.25) is 0 Å². The van der Waals surface area contributed by atoms with Crippen molar-refractivity contribution in [3.8, 4) is 0 Å². The van der Waals surface area contributed by atoms with Crippen LogP contribution in [0, 0.1) is 0 Å². The van der Waals surface area contributed by atoms with Gasteiger partial charge < -0.3 is 0 Å². The summed E-state index contributed by atoms with van der Waals surface area (Å²) in [6, 6.07) is 0. The molecule has 0 aliphatic heterocycles. The average molecular weight is 278 g/mol. The van der Waals surface area contributed by atoms with E-state index in [1.807, 2.05) is 0 Å². The first-order chi connectivity index (χ1) is 7.83. The lowest BCUT2D eigenvalue weighted by Crippen LogP contribution is -1.94. The van der Waals surface area contributed by atoms with E-state index in [0.717, 1.165) is 31.4 Å². The van der Waals surface area contributed by atoms with Gasteiger partial charge in [0.15, 0.2) is 0 Å². The van der Waals surface area contributed by atoms with Gasteiger partial charge in [-0.2, -0.15) is 4.99 Å². The van der Waals surface area contributed by atoms with E-state index in [-0.39, 0.29) is 0 Å². The molecule has 2 aliphatic rings. The number of nitrogens with zero attached hydrogens (tertiary/aromatic N) is 1. The van der Waals surface area contributed by atoms with E-state index in [1.54, 1.807) is 6.08 Å². The van der Waals surface area contributed by atoms with Crippen molar-refractivity contribution in [1.82, 2.24) is 0 Å². The molecule has 2 nitrogen and oxygen atoms in total. The van der Waals surface area contributed by atoms with Gasteiger partial charge in [0.2, 0.25) is 6.08 Å². The molecule has 0 aromatic heterocycles. The Morgan fingerprint density at radius 3 is 1.94 bits per heavy atom. The van der Waals surface area contributed by atoms with E-state index in [9.17, 15) is 4.79 Å². The van der Waals surface area contributed by atoms with Crippen molar-refractivity contribution < 1.29 is 4.79 Å². The summed E-state index contributed by atoms with van der Waals surface area (Å²) in [5, 5.41) is 0. The largest absolute Gasteiger partial charge is 0.240 e. The predicted octanol–water partition coefficient (Wildman–Crippen LogP) is 3.39. The lowest BCUT2D eigenvalue weighted by atomic mass is 9.99. The molecule has 0 radical (unpaired) electrons. The Hall–Kier alpha value is -0.920. The van der Waals surface area contributed by atoms with Gasteiger partial charge in [0.05, 0.1) is 5.69 Å². The van der Waals surface area contributed by atoms with Crippen molar-refractivity contribution in [3.63, 3.8) is 0 Å². The van der Waals surface area contributed by atoms with Crippen LogP contribution < -0.4 is 0 Å². The van der Waals surface area contributed by atoms with Crippen LogP contribution in [0.4, 0.5) is 5.69 Å². The zero-order valence-corrected chi connectivity index (χ0v) is 10.6. The fraction of sp³-hybridized carbons (Fsp3) is 0.462. The van der Waals surface area contributed by atoms with Gasteiger partial charge in [-0.3, -0.25) is 0 Å². The molecule has 0 fully saturated rings. The van der Waals surface area contributed by atoms with Crippen LogP contribution in [0.5, 0.6) is 0 Å². The number of hydrogen-bond acceptors (Lipinski definition) is 2. The van der Waals surface area contributed by atoms with Gasteiger partial charge in [-0.05, 0) is 60.8 Å². The third kappa shape index (κ3) is 1.32. The average Bonchev–Trinajstić information content (AvgIpc) is 2.92. The molecule has 0 spiro atoms. The van der Waals surface area contributed by atoms with E-state index in [2.05, 4.69) is 20.9 Å². The predicted molar refractivity (Wildman–Crippen MR) is 66.0 cm³/mol. The van der Waals surface area contributed by atoms with Crippen molar-refractivity contribution in [2.75, 3.05) is 0 Å². The minimum absolute atomic E-state index is 0.943. The maximum absolute atomic E-state index is 10.6. The lowest BCUT2D eigenvalue weighted by molar-refractivity contribution is 0.565. The SMILES string of the molecule is O=C=Nc1c2c(c(Br)c3c1CCC3)CCC2. The van der Waals surface area contributed by atoms with Crippen LogP contribution >= 0.6 is 15.9 Å². The topological polar surface area (TPSA) is 29.4 Å². The van der Waals surface area contributed by atoms with Crippen molar-refractivity contribution in [1.29, 1.82) is 0 Å². The molecule has 0 amide bonds. The van der Waals surface area contributed by atoms with Gasteiger partial charge >= 0.3 is 0 Å². The molecule has 0 bridgehead atoms. The number of benzene rings is 1. The molecule has 0 saturated heterocycles. The fourth-order valence-corrected chi connectivity index (χ4v) is 3.91. The van der Waals surface area contributed by atoms with Crippen molar-refractivity contribution in [2.24, 2.45) is 4.99 Å². The highest BCUT2D eigenvalue weighted by Gasteiger charge is 2.27. The summed E-state index contributed by atoms with van der Waals surface area (Å²) in [4.78, 5) is 14.5. The molecular weight excluding hydrogens is 266 g/mol. The first-order valence-corrected chi connectivity index (χ1v) is 6.55. The third-order valence-corrected chi connectivity index (χ3v) is 4.65. The number of carbonyl (C=O) groups excluding carboxylic acids is 1. The molecule has 1 aromatic carbocycles. The van der Waals surface area contributed by atoms with Crippen LogP contribution in [0.1, 0.15) is 35.1 Å². The highest BCUT2D eigenvalue weighted by molar-refractivity contribution is 9.10. The molecule has 16 heavy (non-hydrogen) atoms. The van der Waals surface area contributed by atoms with Gasteiger partial charge in [0.1, 0.15) is 0 Å². The zero-order valence-electron chi connectivity index (χ0n) is 8.98. The Kier molecular flexibility index (Phi) is 2.45. The number of rotatable bonds is 1. The van der Waals surface area contributed by atoms with E-state index in [0.29, 0.717) is 0 Å². The van der Waals surface area contributed by atoms with Gasteiger partial charge in [0.25, 0.3) is 0 Å². The summed E-state index contributed by atoms with van der Waals surface area (Å²) < 4.78 is 1.29. The Morgan fingerprint density at radius 2 is 1.44 bits per heavy atom. The highest BCUT2D eigenvalue weighted by Crippen LogP contribution is 2.45. The van der Waals surface area contributed by atoms with Crippen LogP contribution in [0.15, 0.2) is 9.47 Å². The Labute approximate surface area is 103 Å². The summed E-state index contributed by atoms with van der Waals surface area (Å²) in [7, 11) is 0. The first-order valence-electron chi connectivity index (χ1n) is 5.75. The molecule has 3 rings (SSSR count). The van der Waals surface area contributed by atoms with Gasteiger partial charge in [-0.15, -0.1) is 0 Å². The number of hydrogen-bond donors (Lipinski definition) is 0. The van der Waals surface area contributed by atoms with Crippen LogP contribution in [0.25, 0.3) is 0 Å². The van der Waals surface area contributed by atoms with E-state index in [4.69, 9.17) is 0 Å². The van der Waals surface area contributed by atoms with Gasteiger partial charge in [-0.25, -0.2) is 4.79 Å². The quantitative estimate of drug-likeness (QED) is 0.572. The summed E-state index contributed by atoms with van der Waals surface area (Å²) in [5.41, 5.74) is 6.29. The summed E-state index contributed by atoms with van der Waals surface area (Å²) in [5.74, 6) is 0. The smallest absolute Gasteiger partial charge is 0.211 e. The molecule has 0 atom stereocenters. The number of halogens is 1. The van der Waals surface area contributed by atoms with Crippen molar-refractivity contribution in [2.45, 2.75) is 38.5 Å². The standard InChI is InChI=1S/C13H12BrNO/c14-12-8-3-1-5-10(8)13(15-7-16)11-6-2-4-9(11)12/h1-6H2. The molecule has 0 saturated carbocycles. The molecule has 0 heterocycles. The second kappa shape index (κ2) is 3.83. The number of aliphatic imine (C=N–C) groups is 1. The molecule has 2 aliphatic carbocycles. The molecule has 0 unspecified atom stereocenters. The van der Waals surface area contributed by atoms with E-state index in [1.165, 1.54) is 39.6 Å². The maximum atomic E-state index is 10.6.